The molecule has 0 unspecified atom stereocenters. The van der Waals surface area contributed by atoms with Gasteiger partial charge < -0.3 is 24.5 Å². The predicted octanol–water partition coefficient (Wildman–Crippen LogP) is 2.79. The summed E-state index contributed by atoms with van der Waals surface area (Å²) in [5, 5.41) is 9.71. The van der Waals surface area contributed by atoms with E-state index in [1.165, 1.54) is 0 Å². The Kier molecular flexibility index (Phi) is 5.77. The van der Waals surface area contributed by atoms with E-state index in [4.69, 9.17) is 19.9 Å². The number of hydrogen-bond donors (Lipinski definition) is 1. The number of methoxy groups -OCH3 is 2. The van der Waals surface area contributed by atoms with Crippen LogP contribution >= 0.6 is 15.9 Å². The van der Waals surface area contributed by atoms with Gasteiger partial charge in [-0.05, 0) is 40.5 Å². The second-order valence-electron chi connectivity index (χ2n) is 6.33. The molecule has 8 heteroatoms. The Morgan fingerprint density at radius 3 is 2.71 bits per heavy atom. The van der Waals surface area contributed by atoms with Crippen molar-refractivity contribution in [3.63, 3.8) is 0 Å². The molecule has 2 aromatic rings. The Hall–Kier alpha value is -2.76. The zero-order valence-corrected chi connectivity index (χ0v) is 17.4. The van der Waals surface area contributed by atoms with Gasteiger partial charge >= 0.3 is 0 Å². The van der Waals surface area contributed by atoms with Crippen LogP contribution in [-0.4, -0.2) is 25.4 Å². The average molecular weight is 446 g/mol. The normalized spacial score (nSPS) is 15.6. The monoisotopic (exact) mass is 445 g/mol. The molecule has 2 N–H and O–H groups in total. The number of ether oxygens (including phenoxy) is 3. The van der Waals surface area contributed by atoms with Crippen molar-refractivity contribution in [2.45, 2.75) is 19.4 Å². The molecule has 0 amide bonds. The molecule has 1 aromatic carbocycles. The Balaban J connectivity index is 2.26. The van der Waals surface area contributed by atoms with E-state index in [9.17, 15) is 10.1 Å². The van der Waals surface area contributed by atoms with Gasteiger partial charge in [0.25, 0.3) is 5.56 Å². The molecule has 0 saturated carbocycles. The molecule has 0 saturated heterocycles. The first kappa shape index (κ1) is 20.0. The molecular formula is C20H20BrN3O4. The smallest absolute Gasteiger partial charge is 0.258 e. The van der Waals surface area contributed by atoms with Crippen LogP contribution in [0.25, 0.3) is 0 Å². The summed E-state index contributed by atoms with van der Waals surface area (Å²) >= 11 is 3.46. The number of halogens is 1. The van der Waals surface area contributed by atoms with E-state index in [1.54, 1.807) is 30.9 Å². The Labute approximate surface area is 171 Å². The number of rotatable bonds is 5. The van der Waals surface area contributed by atoms with E-state index in [2.05, 4.69) is 22.0 Å². The van der Waals surface area contributed by atoms with E-state index >= 15 is 0 Å². The number of aromatic nitrogens is 1. The van der Waals surface area contributed by atoms with E-state index in [1.807, 2.05) is 19.1 Å². The average Bonchev–Trinajstić information content (AvgIpc) is 2.66. The van der Waals surface area contributed by atoms with Crippen LogP contribution in [0.5, 0.6) is 11.5 Å². The Morgan fingerprint density at radius 1 is 1.36 bits per heavy atom. The van der Waals surface area contributed by atoms with Crippen molar-refractivity contribution in [3.05, 3.63) is 67.4 Å². The highest BCUT2D eigenvalue weighted by Crippen LogP contribution is 2.42. The van der Waals surface area contributed by atoms with Gasteiger partial charge in [0, 0.05) is 25.4 Å². The van der Waals surface area contributed by atoms with E-state index < -0.39 is 5.92 Å². The quantitative estimate of drug-likeness (QED) is 0.759. The molecule has 28 heavy (non-hydrogen) atoms. The highest BCUT2D eigenvalue weighted by atomic mass is 79.9. The minimum atomic E-state index is -0.641. The fourth-order valence-corrected chi connectivity index (χ4v) is 3.90. The molecule has 0 fully saturated rings. The zero-order valence-electron chi connectivity index (χ0n) is 15.8. The van der Waals surface area contributed by atoms with Crippen molar-refractivity contribution in [1.82, 2.24) is 4.57 Å². The summed E-state index contributed by atoms with van der Waals surface area (Å²) in [6, 6.07) is 9.28. The predicted molar refractivity (Wildman–Crippen MR) is 107 cm³/mol. The van der Waals surface area contributed by atoms with Crippen LogP contribution in [0.15, 0.2) is 45.0 Å². The molecule has 0 spiro atoms. The van der Waals surface area contributed by atoms with Gasteiger partial charge in [-0.1, -0.05) is 6.07 Å². The number of hydrogen-bond acceptors (Lipinski definition) is 6. The number of allylic oxidation sites excluding steroid dienone is 1. The molecule has 1 aliphatic heterocycles. The standard InChI is InChI=1S/C20H20BrN3O4/c1-11-8-16-18(20(25)24(11)6-7-26-2)17(13(10-22)19(23)28-16)12-4-5-15(27-3)14(21)9-12/h4-5,8-9,17H,6-7,23H2,1-3H3/t17-/m1/s1. The van der Waals surface area contributed by atoms with Crippen molar-refractivity contribution in [1.29, 1.82) is 5.26 Å². The summed E-state index contributed by atoms with van der Waals surface area (Å²) in [7, 11) is 3.15. The molecule has 7 nitrogen and oxygen atoms in total. The van der Waals surface area contributed by atoms with Gasteiger partial charge in [0.2, 0.25) is 5.88 Å². The van der Waals surface area contributed by atoms with Crippen molar-refractivity contribution < 1.29 is 14.2 Å². The second-order valence-corrected chi connectivity index (χ2v) is 7.19. The van der Waals surface area contributed by atoms with Crippen LogP contribution < -0.4 is 20.8 Å². The van der Waals surface area contributed by atoms with Crippen molar-refractivity contribution in [2.75, 3.05) is 20.8 Å². The Bertz CT molecular complexity index is 1050. The molecule has 1 aromatic heterocycles. The fraction of sp³-hybridized carbons (Fsp3) is 0.300. The number of fused-ring (bicyclic) bond motifs is 1. The molecule has 1 atom stereocenters. The first-order chi connectivity index (χ1) is 13.4. The molecule has 3 rings (SSSR count). The molecule has 0 aliphatic carbocycles. The number of pyridine rings is 1. The third-order valence-corrected chi connectivity index (χ3v) is 5.34. The van der Waals surface area contributed by atoms with Gasteiger partial charge in [-0.2, -0.15) is 5.26 Å². The van der Waals surface area contributed by atoms with Crippen molar-refractivity contribution in [3.8, 4) is 17.6 Å². The van der Waals surface area contributed by atoms with Crippen LogP contribution in [-0.2, 0) is 11.3 Å². The maximum absolute atomic E-state index is 13.3. The van der Waals surface area contributed by atoms with E-state index in [0.29, 0.717) is 34.7 Å². The maximum Gasteiger partial charge on any atom is 0.258 e. The summed E-state index contributed by atoms with van der Waals surface area (Å²) in [6.07, 6.45) is 0. The molecule has 2 heterocycles. The topological polar surface area (TPSA) is 99.5 Å². The number of nitrogens with zero attached hydrogens (tertiary/aromatic N) is 2. The summed E-state index contributed by atoms with van der Waals surface area (Å²) in [5.41, 5.74) is 7.82. The molecule has 146 valence electrons. The Morgan fingerprint density at radius 2 is 2.11 bits per heavy atom. The minimum absolute atomic E-state index is 0.000354. The van der Waals surface area contributed by atoms with Crippen molar-refractivity contribution >= 4 is 15.9 Å². The van der Waals surface area contributed by atoms with Gasteiger partial charge in [0.15, 0.2) is 0 Å². The molecule has 1 aliphatic rings. The highest BCUT2D eigenvalue weighted by Gasteiger charge is 2.34. The SMILES string of the molecule is COCCn1c(C)cc2c(c1=O)[C@H](c1ccc(OC)c(Br)c1)C(C#N)=C(N)O2. The van der Waals surface area contributed by atoms with Gasteiger partial charge in [-0.15, -0.1) is 0 Å². The highest BCUT2D eigenvalue weighted by molar-refractivity contribution is 9.10. The van der Waals surface area contributed by atoms with Gasteiger partial charge in [-0.3, -0.25) is 4.79 Å². The molecule has 0 bridgehead atoms. The van der Waals surface area contributed by atoms with Gasteiger partial charge in [0.05, 0.1) is 29.7 Å². The zero-order chi connectivity index (χ0) is 20.4. The first-order valence-corrected chi connectivity index (χ1v) is 9.36. The number of benzene rings is 1. The lowest BCUT2D eigenvalue weighted by atomic mass is 9.84. The fourth-order valence-electron chi connectivity index (χ4n) is 3.34. The summed E-state index contributed by atoms with van der Waals surface area (Å²) in [5.74, 6) is 0.371. The lowest BCUT2D eigenvalue weighted by molar-refractivity contribution is 0.185. The van der Waals surface area contributed by atoms with Gasteiger partial charge in [0.1, 0.15) is 23.1 Å². The van der Waals surface area contributed by atoms with Crippen LogP contribution in [0.1, 0.15) is 22.7 Å². The third kappa shape index (κ3) is 3.39. The number of nitrogens with two attached hydrogens (primary N) is 1. The van der Waals surface area contributed by atoms with E-state index in [-0.39, 0.29) is 17.0 Å². The number of aryl methyl sites for hydroxylation is 1. The largest absolute Gasteiger partial charge is 0.496 e. The second kappa shape index (κ2) is 8.09. The van der Waals surface area contributed by atoms with Crippen LogP contribution in [0.2, 0.25) is 0 Å². The lowest BCUT2D eigenvalue weighted by Gasteiger charge is -2.27. The number of nitriles is 1. The van der Waals surface area contributed by atoms with Crippen LogP contribution in [0.4, 0.5) is 0 Å². The first-order valence-electron chi connectivity index (χ1n) is 8.57. The summed E-state index contributed by atoms with van der Waals surface area (Å²) in [6.45, 7) is 2.61. The molecular weight excluding hydrogens is 426 g/mol. The van der Waals surface area contributed by atoms with E-state index in [0.717, 1.165) is 11.3 Å². The molecule has 0 radical (unpaired) electrons. The minimum Gasteiger partial charge on any atom is -0.496 e. The van der Waals surface area contributed by atoms with Crippen LogP contribution in [0, 0.1) is 18.3 Å². The summed E-state index contributed by atoms with van der Waals surface area (Å²) < 4.78 is 18.4. The van der Waals surface area contributed by atoms with Crippen LogP contribution in [0.3, 0.4) is 0 Å². The van der Waals surface area contributed by atoms with Crippen molar-refractivity contribution in [2.24, 2.45) is 5.73 Å². The lowest BCUT2D eigenvalue weighted by Crippen LogP contribution is -2.33. The summed E-state index contributed by atoms with van der Waals surface area (Å²) in [4.78, 5) is 13.3. The maximum atomic E-state index is 13.3. The van der Waals surface area contributed by atoms with Gasteiger partial charge in [-0.25, -0.2) is 0 Å². The third-order valence-electron chi connectivity index (χ3n) is 4.72.